The summed E-state index contributed by atoms with van der Waals surface area (Å²) in [4.78, 5) is 12.0. The van der Waals surface area contributed by atoms with Crippen molar-refractivity contribution >= 4 is 22.6 Å². The molecule has 104 valence electrons. The topological polar surface area (TPSA) is 63.2 Å². The van der Waals surface area contributed by atoms with Gasteiger partial charge >= 0.3 is 6.03 Å². The first kappa shape index (κ1) is 12.9. The quantitative estimate of drug-likeness (QED) is 0.893. The van der Waals surface area contributed by atoms with E-state index in [1.807, 2.05) is 37.3 Å². The standard InChI is InChI=1S/C14H15N3O2S/c1-9-8-13(20-17-9)16-14(18)15-11-6-7-19-12-5-3-2-4-10(11)12/h2-5,8,11H,6-7H2,1H3,(H2,15,16,18). The number of aryl methyl sites for hydroxylation is 1. The Labute approximate surface area is 121 Å². The molecule has 6 heteroatoms. The zero-order valence-electron chi connectivity index (χ0n) is 11.1. The molecular weight excluding hydrogens is 274 g/mol. The fourth-order valence-corrected chi connectivity index (χ4v) is 2.88. The van der Waals surface area contributed by atoms with Crippen molar-refractivity contribution in [1.29, 1.82) is 0 Å². The van der Waals surface area contributed by atoms with E-state index in [-0.39, 0.29) is 12.1 Å². The summed E-state index contributed by atoms with van der Waals surface area (Å²) in [5.74, 6) is 0.845. The van der Waals surface area contributed by atoms with E-state index in [1.165, 1.54) is 11.5 Å². The fourth-order valence-electron chi connectivity index (χ4n) is 2.22. The predicted octanol–water partition coefficient (Wildman–Crippen LogP) is 3.10. The molecule has 1 aromatic heterocycles. The van der Waals surface area contributed by atoms with Gasteiger partial charge in [-0.1, -0.05) is 18.2 Å². The maximum absolute atomic E-state index is 12.0. The van der Waals surface area contributed by atoms with Crippen LogP contribution in [0.5, 0.6) is 5.75 Å². The SMILES string of the molecule is Cc1cc(NC(=O)NC2CCOc3ccccc32)sn1. The van der Waals surface area contributed by atoms with E-state index in [4.69, 9.17) is 4.74 Å². The van der Waals surface area contributed by atoms with E-state index in [0.29, 0.717) is 6.61 Å². The molecule has 1 aliphatic heterocycles. The van der Waals surface area contributed by atoms with Crippen LogP contribution < -0.4 is 15.4 Å². The molecule has 2 amide bonds. The molecule has 0 saturated carbocycles. The maximum Gasteiger partial charge on any atom is 0.320 e. The summed E-state index contributed by atoms with van der Waals surface area (Å²) < 4.78 is 9.71. The summed E-state index contributed by atoms with van der Waals surface area (Å²) >= 11 is 1.28. The van der Waals surface area contributed by atoms with Crippen LogP contribution in [-0.4, -0.2) is 17.0 Å². The van der Waals surface area contributed by atoms with E-state index < -0.39 is 0 Å². The lowest BCUT2D eigenvalue weighted by Crippen LogP contribution is -2.35. The first-order valence-electron chi connectivity index (χ1n) is 6.45. The highest BCUT2D eigenvalue weighted by atomic mass is 32.1. The molecular formula is C14H15N3O2S. The van der Waals surface area contributed by atoms with E-state index >= 15 is 0 Å². The third-order valence-electron chi connectivity index (χ3n) is 3.13. The number of amides is 2. The van der Waals surface area contributed by atoms with E-state index in [2.05, 4.69) is 15.0 Å². The molecule has 0 spiro atoms. The Kier molecular flexibility index (Phi) is 3.56. The molecule has 2 N–H and O–H groups in total. The van der Waals surface area contributed by atoms with Crippen LogP contribution in [0.3, 0.4) is 0 Å². The van der Waals surface area contributed by atoms with Crippen LogP contribution in [-0.2, 0) is 0 Å². The molecule has 5 nitrogen and oxygen atoms in total. The van der Waals surface area contributed by atoms with Gasteiger partial charge in [0.1, 0.15) is 10.8 Å². The van der Waals surface area contributed by atoms with Crippen LogP contribution in [0, 0.1) is 6.92 Å². The lowest BCUT2D eigenvalue weighted by molar-refractivity contribution is 0.232. The van der Waals surface area contributed by atoms with E-state index in [1.54, 1.807) is 0 Å². The highest BCUT2D eigenvalue weighted by Gasteiger charge is 2.22. The number of hydrogen-bond acceptors (Lipinski definition) is 4. The number of anilines is 1. The lowest BCUT2D eigenvalue weighted by atomic mass is 10.0. The first-order valence-corrected chi connectivity index (χ1v) is 7.22. The fraction of sp³-hybridized carbons (Fsp3) is 0.286. The van der Waals surface area contributed by atoms with Crippen LogP contribution in [0.4, 0.5) is 9.80 Å². The molecule has 20 heavy (non-hydrogen) atoms. The minimum atomic E-state index is -0.213. The Balaban J connectivity index is 1.68. The van der Waals surface area contributed by atoms with Crippen molar-refractivity contribution in [1.82, 2.24) is 9.69 Å². The third-order valence-corrected chi connectivity index (χ3v) is 3.92. The summed E-state index contributed by atoms with van der Waals surface area (Å²) in [6, 6.07) is 9.41. The highest BCUT2D eigenvalue weighted by Crippen LogP contribution is 2.31. The Morgan fingerprint density at radius 3 is 3.10 bits per heavy atom. The number of rotatable bonds is 2. The van der Waals surface area contributed by atoms with Gasteiger partial charge in [-0.15, -0.1) is 0 Å². The average Bonchev–Trinajstić information content (AvgIpc) is 2.84. The summed E-state index contributed by atoms with van der Waals surface area (Å²) in [5.41, 5.74) is 1.93. The van der Waals surface area contributed by atoms with Crippen molar-refractivity contribution in [2.75, 3.05) is 11.9 Å². The smallest absolute Gasteiger partial charge is 0.320 e. The van der Waals surface area contributed by atoms with Gasteiger partial charge in [0.25, 0.3) is 0 Å². The lowest BCUT2D eigenvalue weighted by Gasteiger charge is -2.26. The second-order valence-corrected chi connectivity index (χ2v) is 5.46. The Morgan fingerprint density at radius 2 is 2.30 bits per heavy atom. The van der Waals surface area contributed by atoms with Gasteiger partial charge in [0.2, 0.25) is 0 Å². The highest BCUT2D eigenvalue weighted by molar-refractivity contribution is 7.10. The first-order chi connectivity index (χ1) is 9.72. The molecule has 0 radical (unpaired) electrons. The second kappa shape index (κ2) is 5.50. The number of nitrogens with one attached hydrogen (secondary N) is 2. The molecule has 1 aromatic carbocycles. The number of ether oxygens (including phenoxy) is 1. The molecule has 3 rings (SSSR count). The van der Waals surface area contributed by atoms with Gasteiger partial charge in [-0.25, -0.2) is 4.79 Å². The summed E-state index contributed by atoms with van der Waals surface area (Å²) in [7, 11) is 0. The Bertz CT molecular complexity index is 626. The molecule has 2 heterocycles. The Hall–Kier alpha value is -2.08. The van der Waals surface area contributed by atoms with Crippen LogP contribution in [0.1, 0.15) is 23.7 Å². The minimum absolute atomic E-state index is 0.0195. The van der Waals surface area contributed by atoms with Gasteiger partial charge in [0.05, 0.1) is 18.3 Å². The van der Waals surface area contributed by atoms with Crippen molar-refractivity contribution in [3.8, 4) is 5.75 Å². The number of para-hydroxylation sites is 1. The van der Waals surface area contributed by atoms with Crippen LogP contribution in [0.2, 0.25) is 0 Å². The molecule has 0 saturated heterocycles. The predicted molar refractivity (Wildman–Crippen MR) is 78.3 cm³/mol. The van der Waals surface area contributed by atoms with E-state index in [0.717, 1.165) is 28.4 Å². The zero-order chi connectivity index (χ0) is 13.9. The van der Waals surface area contributed by atoms with Gasteiger partial charge in [-0.05, 0) is 30.6 Å². The van der Waals surface area contributed by atoms with Gasteiger partial charge in [-0.2, -0.15) is 4.37 Å². The summed E-state index contributed by atoms with van der Waals surface area (Å²) in [6.45, 7) is 2.51. The number of aromatic nitrogens is 1. The molecule has 1 aliphatic rings. The number of nitrogens with zero attached hydrogens (tertiary/aromatic N) is 1. The maximum atomic E-state index is 12.0. The molecule has 0 bridgehead atoms. The average molecular weight is 289 g/mol. The summed E-state index contributed by atoms with van der Waals surface area (Å²) in [6.07, 6.45) is 0.770. The molecule has 0 aliphatic carbocycles. The number of carbonyl (C=O) groups is 1. The van der Waals surface area contributed by atoms with Crippen molar-refractivity contribution in [2.45, 2.75) is 19.4 Å². The summed E-state index contributed by atoms with van der Waals surface area (Å²) in [5, 5.41) is 6.54. The van der Waals surface area contributed by atoms with Gasteiger partial charge in [-0.3, -0.25) is 5.32 Å². The minimum Gasteiger partial charge on any atom is -0.493 e. The molecule has 2 aromatic rings. The van der Waals surface area contributed by atoms with Gasteiger partial charge in [0, 0.05) is 12.0 Å². The molecule has 0 fully saturated rings. The second-order valence-electron chi connectivity index (χ2n) is 4.66. The molecule has 1 unspecified atom stereocenters. The van der Waals surface area contributed by atoms with Gasteiger partial charge < -0.3 is 10.1 Å². The normalized spacial score (nSPS) is 16.9. The van der Waals surface area contributed by atoms with Gasteiger partial charge in [0.15, 0.2) is 0 Å². The number of benzene rings is 1. The third kappa shape index (κ3) is 2.75. The number of hydrogen-bond donors (Lipinski definition) is 2. The monoisotopic (exact) mass is 289 g/mol. The van der Waals surface area contributed by atoms with E-state index in [9.17, 15) is 4.79 Å². The Morgan fingerprint density at radius 1 is 1.45 bits per heavy atom. The van der Waals surface area contributed by atoms with Crippen LogP contribution in [0.15, 0.2) is 30.3 Å². The van der Waals surface area contributed by atoms with Crippen molar-refractivity contribution in [2.24, 2.45) is 0 Å². The van der Waals surface area contributed by atoms with Crippen molar-refractivity contribution < 1.29 is 9.53 Å². The molecule has 1 atom stereocenters. The van der Waals surface area contributed by atoms with Crippen LogP contribution in [0.25, 0.3) is 0 Å². The van der Waals surface area contributed by atoms with Crippen molar-refractivity contribution in [3.05, 3.63) is 41.6 Å². The van der Waals surface area contributed by atoms with Crippen molar-refractivity contribution in [3.63, 3.8) is 0 Å². The number of urea groups is 1. The number of fused-ring (bicyclic) bond motifs is 1. The van der Waals surface area contributed by atoms with Crippen LogP contribution >= 0.6 is 11.5 Å². The zero-order valence-corrected chi connectivity index (χ0v) is 11.9. The largest absolute Gasteiger partial charge is 0.493 e. The number of carbonyl (C=O) groups excluding carboxylic acids is 1.